The smallest absolute Gasteiger partial charge is 0.363 e. The summed E-state index contributed by atoms with van der Waals surface area (Å²) >= 11 is 0. The number of benzene rings is 1. The molecular weight excluding hydrogens is 265 g/mol. The van der Waals surface area contributed by atoms with E-state index in [0.717, 1.165) is 17.5 Å². The predicted molar refractivity (Wildman–Crippen MR) is 77.1 cm³/mol. The van der Waals surface area contributed by atoms with Crippen molar-refractivity contribution in [3.05, 3.63) is 29.3 Å². The first-order chi connectivity index (χ1) is 9.26. The van der Waals surface area contributed by atoms with Crippen LogP contribution in [0.25, 0.3) is 0 Å². The summed E-state index contributed by atoms with van der Waals surface area (Å²) in [5, 5.41) is 0. The third kappa shape index (κ3) is 5.04. The maximum Gasteiger partial charge on any atom is 0.405 e. The number of hydrogen-bond donors (Lipinski definition) is 1. The van der Waals surface area contributed by atoms with Crippen LogP contribution < -0.4 is 10.6 Å². The summed E-state index contributed by atoms with van der Waals surface area (Å²) in [6, 6.07) is 5.52. The van der Waals surface area contributed by atoms with E-state index in [1.165, 1.54) is 4.90 Å². The van der Waals surface area contributed by atoms with Crippen molar-refractivity contribution >= 4 is 5.69 Å². The lowest BCUT2D eigenvalue weighted by Crippen LogP contribution is -2.35. The molecule has 0 spiro atoms. The molecule has 0 aliphatic carbocycles. The number of aryl methyl sites for hydroxylation is 1. The van der Waals surface area contributed by atoms with E-state index in [4.69, 9.17) is 5.73 Å². The summed E-state index contributed by atoms with van der Waals surface area (Å²) in [4.78, 5) is 1.36. The van der Waals surface area contributed by atoms with Gasteiger partial charge in [-0.1, -0.05) is 24.6 Å². The maximum absolute atomic E-state index is 12.7. The Morgan fingerprint density at radius 3 is 2.40 bits per heavy atom. The molecule has 1 aromatic rings. The van der Waals surface area contributed by atoms with Gasteiger partial charge in [0.1, 0.15) is 6.54 Å². The van der Waals surface area contributed by atoms with E-state index < -0.39 is 12.7 Å². The molecule has 0 aliphatic heterocycles. The largest absolute Gasteiger partial charge is 0.405 e. The van der Waals surface area contributed by atoms with E-state index >= 15 is 0 Å². The normalized spacial score (nSPS) is 13.3. The van der Waals surface area contributed by atoms with Crippen LogP contribution in [0.5, 0.6) is 0 Å². The lowest BCUT2D eigenvalue weighted by Gasteiger charge is -2.27. The standard InChI is InChI=1S/C15H23F3N2/c1-4-13(19)9-12-8-11(3)6-7-14(12)20(5-2)10-15(16,17)18/h6-8,13H,4-5,9-10,19H2,1-3H3. The molecule has 1 rings (SSSR count). The Morgan fingerprint density at radius 1 is 1.25 bits per heavy atom. The average molecular weight is 288 g/mol. The lowest BCUT2D eigenvalue weighted by molar-refractivity contribution is -0.119. The van der Waals surface area contributed by atoms with Gasteiger partial charge in [0.25, 0.3) is 0 Å². The van der Waals surface area contributed by atoms with Crippen molar-refractivity contribution in [2.24, 2.45) is 5.73 Å². The summed E-state index contributed by atoms with van der Waals surface area (Å²) < 4.78 is 38.0. The third-order valence-electron chi connectivity index (χ3n) is 3.33. The van der Waals surface area contributed by atoms with Crippen LogP contribution in [0.15, 0.2) is 18.2 Å². The maximum atomic E-state index is 12.7. The van der Waals surface area contributed by atoms with E-state index in [1.54, 1.807) is 13.0 Å². The van der Waals surface area contributed by atoms with E-state index in [1.807, 2.05) is 26.0 Å². The van der Waals surface area contributed by atoms with Crippen LogP contribution in [0.2, 0.25) is 0 Å². The molecule has 0 saturated heterocycles. The molecule has 0 radical (unpaired) electrons. The molecule has 2 N–H and O–H groups in total. The summed E-state index contributed by atoms with van der Waals surface area (Å²) in [6.45, 7) is 5.03. The molecule has 1 aromatic carbocycles. The van der Waals surface area contributed by atoms with Gasteiger partial charge in [-0.3, -0.25) is 0 Å². The van der Waals surface area contributed by atoms with Crippen molar-refractivity contribution < 1.29 is 13.2 Å². The van der Waals surface area contributed by atoms with E-state index in [0.29, 0.717) is 18.7 Å². The second kappa shape index (κ2) is 6.97. The highest BCUT2D eigenvalue weighted by atomic mass is 19.4. The molecule has 0 aromatic heterocycles. The van der Waals surface area contributed by atoms with Crippen LogP contribution >= 0.6 is 0 Å². The topological polar surface area (TPSA) is 29.3 Å². The van der Waals surface area contributed by atoms with Gasteiger partial charge in [-0.05, 0) is 38.3 Å². The fourth-order valence-electron chi connectivity index (χ4n) is 2.20. The minimum Gasteiger partial charge on any atom is -0.363 e. The van der Waals surface area contributed by atoms with Crippen LogP contribution in [-0.4, -0.2) is 25.3 Å². The van der Waals surface area contributed by atoms with E-state index in [2.05, 4.69) is 0 Å². The molecule has 0 fully saturated rings. The third-order valence-corrected chi connectivity index (χ3v) is 3.33. The Balaban J connectivity index is 3.07. The number of hydrogen-bond acceptors (Lipinski definition) is 2. The van der Waals surface area contributed by atoms with Gasteiger partial charge in [0.15, 0.2) is 0 Å². The Labute approximate surface area is 118 Å². The highest BCUT2D eigenvalue weighted by molar-refractivity contribution is 5.55. The molecule has 2 nitrogen and oxygen atoms in total. The van der Waals surface area contributed by atoms with Gasteiger partial charge in [-0.2, -0.15) is 13.2 Å². The quantitative estimate of drug-likeness (QED) is 0.865. The molecule has 5 heteroatoms. The summed E-state index contributed by atoms with van der Waals surface area (Å²) in [5.74, 6) is 0. The predicted octanol–water partition coefficient (Wildman–Crippen LogP) is 3.66. The van der Waals surface area contributed by atoms with Gasteiger partial charge in [-0.15, -0.1) is 0 Å². The van der Waals surface area contributed by atoms with E-state index in [-0.39, 0.29) is 6.04 Å². The molecule has 0 saturated carbocycles. The highest BCUT2D eigenvalue weighted by Gasteiger charge is 2.31. The van der Waals surface area contributed by atoms with Crippen LogP contribution in [0.1, 0.15) is 31.4 Å². The number of nitrogens with two attached hydrogens (primary N) is 1. The Morgan fingerprint density at radius 2 is 1.90 bits per heavy atom. The first kappa shape index (κ1) is 16.8. The zero-order valence-electron chi connectivity index (χ0n) is 12.3. The van der Waals surface area contributed by atoms with Gasteiger partial charge in [-0.25, -0.2) is 0 Å². The molecule has 1 unspecified atom stereocenters. The summed E-state index contributed by atoms with van der Waals surface area (Å²) in [6.07, 6.45) is -2.80. The zero-order valence-corrected chi connectivity index (χ0v) is 12.3. The minimum atomic E-state index is -4.20. The van der Waals surface area contributed by atoms with Crippen LogP contribution in [0.3, 0.4) is 0 Å². The molecule has 0 aliphatic rings. The highest BCUT2D eigenvalue weighted by Crippen LogP contribution is 2.27. The van der Waals surface area contributed by atoms with Crippen LogP contribution in [0, 0.1) is 6.92 Å². The van der Waals surface area contributed by atoms with Crippen molar-refractivity contribution in [1.82, 2.24) is 0 Å². The van der Waals surface area contributed by atoms with Crippen molar-refractivity contribution in [3.8, 4) is 0 Å². The van der Waals surface area contributed by atoms with Crippen molar-refractivity contribution in [2.45, 2.75) is 45.8 Å². The van der Waals surface area contributed by atoms with Crippen LogP contribution in [-0.2, 0) is 6.42 Å². The zero-order chi connectivity index (χ0) is 15.3. The van der Waals surface area contributed by atoms with Gasteiger partial charge >= 0.3 is 6.18 Å². The van der Waals surface area contributed by atoms with Crippen LogP contribution in [0.4, 0.5) is 18.9 Å². The number of rotatable bonds is 6. The summed E-state index contributed by atoms with van der Waals surface area (Å²) in [5.41, 5.74) is 8.52. The molecule has 114 valence electrons. The van der Waals surface area contributed by atoms with Gasteiger partial charge < -0.3 is 10.6 Å². The molecule has 0 heterocycles. The Bertz CT molecular complexity index is 430. The number of anilines is 1. The van der Waals surface area contributed by atoms with Gasteiger partial charge in [0.05, 0.1) is 0 Å². The van der Waals surface area contributed by atoms with Gasteiger partial charge in [0.2, 0.25) is 0 Å². The van der Waals surface area contributed by atoms with Gasteiger partial charge in [0, 0.05) is 18.3 Å². The Kier molecular flexibility index (Phi) is 5.87. The number of halogens is 3. The molecule has 0 bridgehead atoms. The first-order valence-corrected chi connectivity index (χ1v) is 6.93. The second-order valence-corrected chi connectivity index (χ2v) is 5.13. The molecule has 1 atom stereocenters. The second-order valence-electron chi connectivity index (χ2n) is 5.13. The van der Waals surface area contributed by atoms with Crippen molar-refractivity contribution in [2.75, 3.05) is 18.0 Å². The molecular formula is C15H23F3N2. The monoisotopic (exact) mass is 288 g/mol. The SMILES string of the molecule is CCC(N)Cc1cc(C)ccc1N(CC)CC(F)(F)F. The number of alkyl halides is 3. The van der Waals surface area contributed by atoms with Crippen molar-refractivity contribution in [3.63, 3.8) is 0 Å². The lowest BCUT2D eigenvalue weighted by atomic mass is 10.00. The van der Waals surface area contributed by atoms with E-state index in [9.17, 15) is 13.2 Å². The fourth-order valence-corrected chi connectivity index (χ4v) is 2.20. The van der Waals surface area contributed by atoms with Crippen molar-refractivity contribution in [1.29, 1.82) is 0 Å². The molecule has 0 amide bonds. The Hall–Kier alpha value is -1.23. The molecule has 20 heavy (non-hydrogen) atoms. The summed E-state index contributed by atoms with van der Waals surface area (Å²) in [7, 11) is 0. The first-order valence-electron chi connectivity index (χ1n) is 6.93. The fraction of sp³-hybridized carbons (Fsp3) is 0.600. The minimum absolute atomic E-state index is 0.0276. The average Bonchev–Trinajstić information content (AvgIpc) is 2.35. The number of nitrogens with zero attached hydrogens (tertiary/aromatic N) is 1.